The number of esters is 2. The van der Waals surface area contributed by atoms with Crippen molar-refractivity contribution < 1.29 is 19.1 Å². The van der Waals surface area contributed by atoms with E-state index in [4.69, 9.17) is 36.2 Å². The fourth-order valence-corrected chi connectivity index (χ4v) is 11.2. The first-order valence-electron chi connectivity index (χ1n) is 6.11. The molecule has 0 saturated heterocycles. The van der Waals surface area contributed by atoms with Crippen LogP contribution in [-0.2, 0) is 19.1 Å². The number of rotatable bonds is 5. The molecule has 4 nitrogen and oxygen atoms in total. The van der Waals surface area contributed by atoms with Crippen molar-refractivity contribution in [1.82, 2.24) is 0 Å². The molecule has 20 heavy (non-hydrogen) atoms. The Kier molecular flexibility index (Phi) is 6.51. The van der Waals surface area contributed by atoms with Crippen LogP contribution in [0, 0.1) is 11.3 Å². The average Bonchev–Trinajstić information content (AvgIpc) is 2.81. The second kappa shape index (κ2) is 7.07. The molecule has 2 atom stereocenters. The van der Waals surface area contributed by atoms with E-state index in [2.05, 4.69) is 6.58 Å². The van der Waals surface area contributed by atoms with Crippen LogP contribution in [0.15, 0.2) is 12.7 Å². The third kappa shape index (κ3) is 3.23. The minimum absolute atomic E-state index is 0.341. The van der Waals surface area contributed by atoms with Crippen molar-refractivity contribution in [3.05, 3.63) is 12.7 Å². The first-order valence-corrected chi connectivity index (χ1v) is 18.6. The van der Waals surface area contributed by atoms with Gasteiger partial charge in [-0.3, -0.25) is 0 Å². The standard InChI is InChI=1S/C12H17O4.3ClH.Sn/c1-4-6-9-7-5-8-12(9,10(13)15-2)11(14)16-3;;;;/h4,6,9H,1,5,7-8H2,2-3H3;3*1H;/q;;;;+3/p-3. The second-order valence-electron chi connectivity index (χ2n) is 4.76. The number of allylic oxidation sites excluding steroid dienone is 1. The predicted octanol–water partition coefficient (Wildman–Crippen LogP) is 3.33. The summed E-state index contributed by atoms with van der Waals surface area (Å²) in [5.41, 5.74) is -1.39. The molecule has 1 saturated carbocycles. The summed E-state index contributed by atoms with van der Waals surface area (Å²) in [4.78, 5) is 24.5. The Bertz CT molecular complexity index is 392. The molecule has 0 heterocycles. The van der Waals surface area contributed by atoms with Crippen LogP contribution >= 0.6 is 26.8 Å². The summed E-state index contributed by atoms with van der Waals surface area (Å²) in [6.07, 6.45) is 3.17. The van der Waals surface area contributed by atoms with Crippen molar-refractivity contribution in [3.8, 4) is 0 Å². The summed E-state index contributed by atoms with van der Waals surface area (Å²) in [5.74, 6) is -1.68. The monoisotopic (exact) mass is 450 g/mol. The van der Waals surface area contributed by atoms with Crippen LogP contribution in [0.1, 0.15) is 19.3 Å². The van der Waals surface area contributed by atoms with Crippen molar-refractivity contribution in [2.75, 3.05) is 14.2 Å². The van der Waals surface area contributed by atoms with E-state index < -0.39 is 42.2 Å². The van der Waals surface area contributed by atoms with Gasteiger partial charge in [0.05, 0.1) is 0 Å². The molecule has 114 valence electrons. The maximum atomic E-state index is 12.2. The molecule has 1 fully saturated rings. The van der Waals surface area contributed by atoms with Gasteiger partial charge in [-0.15, -0.1) is 0 Å². The fraction of sp³-hybridized carbons (Fsp3) is 0.667. The molecule has 0 N–H and O–H groups in total. The van der Waals surface area contributed by atoms with Gasteiger partial charge in [0.1, 0.15) is 0 Å². The van der Waals surface area contributed by atoms with Gasteiger partial charge >= 0.3 is 134 Å². The van der Waals surface area contributed by atoms with E-state index in [1.54, 1.807) is 6.08 Å². The Labute approximate surface area is 133 Å². The van der Waals surface area contributed by atoms with E-state index in [9.17, 15) is 9.59 Å². The van der Waals surface area contributed by atoms with Crippen LogP contribution < -0.4 is 0 Å². The Morgan fingerprint density at radius 3 is 2.15 bits per heavy atom. The molecule has 2 unspecified atom stereocenters. The number of hydrogen-bond acceptors (Lipinski definition) is 4. The summed E-state index contributed by atoms with van der Waals surface area (Å²) in [6.45, 7) is 3.70. The summed E-state index contributed by atoms with van der Waals surface area (Å²) in [6, 6.07) is 0. The molecule has 8 heteroatoms. The maximum absolute atomic E-state index is 12.2. The van der Waals surface area contributed by atoms with E-state index in [0.29, 0.717) is 19.3 Å². The zero-order chi connectivity index (χ0) is 15.6. The van der Waals surface area contributed by atoms with Crippen LogP contribution in [0.25, 0.3) is 0 Å². The van der Waals surface area contributed by atoms with Gasteiger partial charge in [-0.25, -0.2) is 0 Å². The molecule has 0 spiro atoms. The quantitative estimate of drug-likeness (QED) is 0.279. The number of carbonyl (C=O) groups excluding carboxylic acids is 2. The topological polar surface area (TPSA) is 52.6 Å². The van der Waals surface area contributed by atoms with E-state index in [-0.39, 0.29) is 0 Å². The Balaban J connectivity index is 3.32. The molecule has 1 aliphatic carbocycles. The number of ether oxygens (including phenoxy) is 2. The molecule has 1 aliphatic rings. The first kappa shape index (κ1) is 18.4. The van der Waals surface area contributed by atoms with Crippen LogP contribution in [0.3, 0.4) is 0 Å². The molecule has 1 rings (SSSR count). The first-order chi connectivity index (χ1) is 9.25. The molecule has 0 radical (unpaired) electrons. The van der Waals surface area contributed by atoms with Crippen LogP contribution in [-0.4, -0.2) is 41.2 Å². The molecule has 0 aromatic rings. The number of halogens is 3. The number of methoxy groups -OCH3 is 2. The van der Waals surface area contributed by atoms with Crippen LogP contribution in [0.5, 0.6) is 0 Å². The number of hydrogen-bond donors (Lipinski definition) is 0. The van der Waals surface area contributed by atoms with E-state index in [0.717, 1.165) is 0 Å². The van der Waals surface area contributed by atoms with Crippen molar-refractivity contribution in [2.45, 2.75) is 23.2 Å². The van der Waals surface area contributed by atoms with Gasteiger partial charge in [0.15, 0.2) is 0 Å². The molecule has 0 amide bonds. The Morgan fingerprint density at radius 1 is 1.30 bits per heavy atom. The third-order valence-electron chi connectivity index (χ3n) is 3.88. The zero-order valence-electron chi connectivity index (χ0n) is 11.3. The predicted molar refractivity (Wildman–Crippen MR) is 81.1 cm³/mol. The van der Waals surface area contributed by atoms with Crippen LogP contribution in [0.2, 0.25) is 3.93 Å². The van der Waals surface area contributed by atoms with Gasteiger partial charge in [-0.1, -0.05) is 0 Å². The average molecular weight is 450 g/mol. The van der Waals surface area contributed by atoms with E-state index in [1.807, 2.05) is 0 Å². The third-order valence-corrected chi connectivity index (χ3v) is 12.9. The van der Waals surface area contributed by atoms with Crippen molar-refractivity contribution in [3.63, 3.8) is 0 Å². The van der Waals surface area contributed by atoms with Crippen LogP contribution in [0.4, 0.5) is 0 Å². The SMILES string of the molecule is C=C[CH](C1CCCC1(C(=O)OC)C(=O)OC)[Sn]([Cl])([Cl])[Cl]. The normalized spacial score (nSPS) is 22.9. The zero-order valence-corrected chi connectivity index (χ0v) is 16.4. The molecule has 0 aromatic carbocycles. The molecule has 0 bridgehead atoms. The van der Waals surface area contributed by atoms with Gasteiger partial charge in [0.25, 0.3) is 0 Å². The molecule has 0 aliphatic heterocycles. The van der Waals surface area contributed by atoms with E-state index in [1.165, 1.54) is 14.2 Å². The summed E-state index contributed by atoms with van der Waals surface area (Å²) in [5, 5.41) is 0. The Morgan fingerprint density at radius 2 is 1.80 bits per heavy atom. The van der Waals surface area contributed by atoms with Gasteiger partial charge < -0.3 is 0 Å². The second-order valence-corrected chi connectivity index (χ2v) is 25.6. The Hall–Kier alpha value is 0.349. The van der Waals surface area contributed by atoms with Gasteiger partial charge in [-0.05, 0) is 0 Å². The van der Waals surface area contributed by atoms with Crippen molar-refractivity contribution in [1.29, 1.82) is 0 Å². The van der Waals surface area contributed by atoms with Gasteiger partial charge in [0, 0.05) is 0 Å². The minimum atomic E-state index is -3.95. The van der Waals surface area contributed by atoms with Gasteiger partial charge in [0.2, 0.25) is 0 Å². The van der Waals surface area contributed by atoms with Gasteiger partial charge in [-0.2, -0.15) is 0 Å². The number of carbonyl (C=O) groups is 2. The summed E-state index contributed by atoms with van der Waals surface area (Å²) >= 11 is -3.95. The molecule has 0 aromatic heterocycles. The summed E-state index contributed by atoms with van der Waals surface area (Å²) in [7, 11) is 21.0. The van der Waals surface area contributed by atoms with E-state index >= 15 is 0 Å². The fourth-order valence-electron chi connectivity index (χ4n) is 3.00. The summed E-state index contributed by atoms with van der Waals surface area (Å²) < 4.78 is 9.19. The van der Waals surface area contributed by atoms with Crippen molar-refractivity contribution in [2.24, 2.45) is 11.3 Å². The molecular weight excluding hydrogens is 433 g/mol. The van der Waals surface area contributed by atoms with Crippen molar-refractivity contribution >= 4 is 53.7 Å². The molecular formula is C12H17Cl3O4Sn.